The summed E-state index contributed by atoms with van der Waals surface area (Å²) in [6, 6.07) is 18.8. The van der Waals surface area contributed by atoms with Gasteiger partial charge in [-0.2, -0.15) is 0 Å². The predicted octanol–water partition coefficient (Wildman–Crippen LogP) is 3.68. The van der Waals surface area contributed by atoms with Gasteiger partial charge in [0.2, 0.25) is 0 Å². The molecule has 0 spiro atoms. The van der Waals surface area contributed by atoms with Crippen LogP contribution in [0.5, 0.6) is 0 Å². The van der Waals surface area contributed by atoms with Gasteiger partial charge >= 0.3 is 5.96 Å². The van der Waals surface area contributed by atoms with Crippen molar-refractivity contribution >= 4 is 17.3 Å². The van der Waals surface area contributed by atoms with Crippen molar-refractivity contribution in [3.05, 3.63) is 65.9 Å². The molecule has 0 atom stereocenters. The molecule has 0 saturated heterocycles. The van der Waals surface area contributed by atoms with Crippen molar-refractivity contribution in [1.82, 2.24) is 5.32 Å². The van der Waals surface area contributed by atoms with Crippen molar-refractivity contribution < 1.29 is 4.74 Å². The molecular weight excluding hydrogens is 262 g/mol. The van der Waals surface area contributed by atoms with Crippen molar-refractivity contribution in [2.24, 2.45) is 0 Å². The topological polar surface area (TPSA) is 50.1 Å². The Morgan fingerprint density at radius 1 is 0.905 bits per heavy atom. The Labute approximate surface area is 125 Å². The number of hydrogen-bond acceptors (Lipinski definition) is 1. The Morgan fingerprint density at radius 2 is 1.43 bits per heavy atom. The van der Waals surface area contributed by atoms with Crippen LogP contribution < -0.4 is 10.6 Å². The Hall–Kier alpha value is -2.49. The molecule has 2 aromatic carbocycles. The summed E-state index contributed by atoms with van der Waals surface area (Å²) in [6.45, 7) is 6.04. The number of nitrogens with zero attached hydrogens (tertiary/aromatic N) is 1. The van der Waals surface area contributed by atoms with E-state index in [0.717, 1.165) is 10.4 Å². The first kappa shape index (κ1) is 14.9. The number of hydrogen-bond donors (Lipinski definition) is 2. The standard InChI is InChI=1S/C17H21N3O/c1-17(2,3)19-16(18-14-10-6-4-7-11-14)20(21)15-12-8-5-9-13-15/h4-13,18-19H,1-3H3/b20-16+. The van der Waals surface area contributed by atoms with Crippen molar-refractivity contribution in [2.75, 3.05) is 5.32 Å². The number of anilines is 1. The molecule has 0 bridgehead atoms. The largest absolute Gasteiger partial charge is 0.740 e. The molecule has 110 valence electrons. The van der Waals surface area contributed by atoms with Gasteiger partial charge in [0.1, 0.15) is 5.69 Å². The normalized spacial score (nSPS) is 12.5. The summed E-state index contributed by atoms with van der Waals surface area (Å²) in [7, 11) is 0. The molecule has 0 aliphatic rings. The summed E-state index contributed by atoms with van der Waals surface area (Å²) in [5.41, 5.74) is 1.21. The van der Waals surface area contributed by atoms with Gasteiger partial charge in [0.25, 0.3) is 0 Å². The molecule has 0 heterocycles. The highest BCUT2D eigenvalue weighted by Crippen LogP contribution is 2.12. The van der Waals surface area contributed by atoms with Crippen LogP contribution in [-0.2, 0) is 0 Å². The third-order valence-corrected chi connectivity index (χ3v) is 2.72. The van der Waals surface area contributed by atoms with Gasteiger partial charge in [-0.15, -0.1) is 0 Å². The Morgan fingerprint density at radius 3 is 1.95 bits per heavy atom. The van der Waals surface area contributed by atoms with Gasteiger partial charge in [0, 0.05) is 0 Å². The molecule has 0 aromatic heterocycles. The number of rotatable bonds is 2. The van der Waals surface area contributed by atoms with Crippen molar-refractivity contribution in [3.8, 4) is 0 Å². The van der Waals surface area contributed by atoms with E-state index in [-0.39, 0.29) is 5.54 Å². The van der Waals surface area contributed by atoms with Gasteiger partial charge in [0.15, 0.2) is 0 Å². The van der Waals surface area contributed by atoms with Crippen molar-refractivity contribution in [3.63, 3.8) is 0 Å². The van der Waals surface area contributed by atoms with Crippen LogP contribution >= 0.6 is 0 Å². The lowest BCUT2D eigenvalue weighted by Gasteiger charge is -2.23. The highest BCUT2D eigenvalue weighted by molar-refractivity contribution is 5.91. The minimum Gasteiger partial charge on any atom is -0.740 e. The second-order valence-electron chi connectivity index (χ2n) is 5.84. The highest BCUT2D eigenvalue weighted by Gasteiger charge is 2.20. The SMILES string of the molecule is CC(C)(C)N/C(Nc1ccccc1)=[N+](/[O-])c1ccccc1. The fraction of sp³-hybridized carbons (Fsp3) is 0.235. The average Bonchev–Trinajstić information content (AvgIpc) is 2.46. The van der Waals surface area contributed by atoms with E-state index in [1.165, 1.54) is 0 Å². The van der Waals surface area contributed by atoms with E-state index in [2.05, 4.69) is 10.6 Å². The van der Waals surface area contributed by atoms with E-state index in [9.17, 15) is 5.21 Å². The maximum Gasteiger partial charge on any atom is 0.356 e. The van der Waals surface area contributed by atoms with E-state index < -0.39 is 0 Å². The van der Waals surface area contributed by atoms with Gasteiger partial charge in [-0.05, 0) is 45.0 Å². The van der Waals surface area contributed by atoms with Crippen LogP contribution in [0.1, 0.15) is 20.8 Å². The van der Waals surface area contributed by atoms with Crippen LogP contribution in [-0.4, -0.2) is 16.2 Å². The zero-order valence-electron chi connectivity index (χ0n) is 12.6. The average molecular weight is 283 g/mol. The Balaban J connectivity index is 2.36. The lowest BCUT2D eigenvalue weighted by molar-refractivity contribution is -0.364. The van der Waals surface area contributed by atoms with E-state index in [1.54, 1.807) is 12.1 Å². The van der Waals surface area contributed by atoms with Crippen molar-refractivity contribution in [1.29, 1.82) is 0 Å². The summed E-state index contributed by atoms with van der Waals surface area (Å²) >= 11 is 0. The molecule has 2 N–H and O–H groups in total. The van der Waals surface area contributed by atoms with Gasteiger partial charge in [-0.25, -0.2) is 10.1 Å². The molecule has 0 aliphatic carbocycles. The smallest absolute Gasteiger partial charge is 0.356 e. The molecule has 2 aromatic rings. The van der Waals surface area contributed by atoms with E-state index in [4.69, 9.17) is 0 Å². The maximum atomic E-state index is 12.6. The second-order valence-corrected chi connectivity index (χ2v) is 5.84. The molecule has 0 saturated carbocycles. The van der Waals surface area contributed by atoms with Crippen LogP contribution in [0.2, 0.25) is 0 Å². The number of nitrogens with one attached hydrogen (secondary N) is 2. The van der Waals surface area contributed by atoms with Crippen LogP contribution in [0.15, 0.2) is 60.7 Å². The Kier molecular flexibility index (Phi) is 4.48. The summed E-state index contributed by atoms with van der Waals surface area (Å²) in [4.78, 5) is 0. The third kappa shape index (κ3) is 4.53. The summed E-state index contributed by atoms with van der Waals surface area (Å²) in [6.07, 6.45) is 0. The quantitative estimate of drug-likeness (QED) is 0.290. The molecule has 4 heteroatoms. The summed E-state index contributed by atoms with van der Waals surface area (Å²) in [5, 5.41) is 19.0. The molecule has 0 amide bonds. The predicted molar refractivity (Wildman–Crippen MR) is 87.7 cm³/mol. The molecule has 0 radical (unpaired) electrons. The number of guanidine groups is 1. The third-order valence-electron chi connectivity index (χ3n) is 2.72. The Bertz CT molecular complexity index is 601. The van der Waals surface area contributed by atoms with E-state index >= 15 is 0 Å². The van der Waals surface area contributed by atoms with Crippen molar-refractivity contribution in [2.45, 2.75) is 26.3 Å². The van der Waals surface area contributed by atoms with Gasteiger partial charge in [0.05, 0.1) is 11.2 Å². The lowest BCUT2D eigenvalue weighted by atomic mass is 10.1. The van der Waals surface area contributed by atoms with Crippen LogP contribution in [0, 0.1) is 5.21 Å². The molecule has 0 aliphatic heterocycles. The fourth-order valence-corrected chi connectivity index (χ4v) is 1.84. The first-order valence-electron chi connectivity index (χ1n) is 6.95. The van der Waals surface area contributed by atoms with E-state index in [0.29, 0.717) is 11.6 Å². The number of benzene rings is 2. The molecule has 0 unspecified atom stereocenters. The molecule has 2 rings (SSSR count). The second kappa shape index (κ2) is 6.31. The van der Waals surface area contributed by atoms with Crippen LogP contribution in [0.4, 0.5) is 11.4 Å². The summed E-state index contributed by atoms with van der Waals surface area (Å²) in [5.74, 6) is 0.403. The zero-order chi connectivity index (χ0) is 15.3. The molecule has 4 nitrogen and oxygen atoms in total. The number of para-hydroxylation sites is 2. The first-order chi connectivity index (χ1) is 9.96. The maximum absolute atomic E-state index is 12.6. The van der Waals surface area contributed by atoms with Gasteiger partial charge in [-0.1, -0.05) is 36.4 Å². The minimum atomic E-state index is -0.228. The highest BCUT2D eigenvalue weighted by atomic mass is 16.5. The summed E-state index contributed by atoms with van der Waals surface area (Å²) < 4.78 is 0.873. The van der Waals surface area contributed by atoms with Gasteiger partial charge < -0.3 is 5.21 Å². The lowest BCUT2D eigenvalue weighted by Crippen LogP contribution is -2.47. The molecular formula is C17H21N3O. The van der Waals surface area contributed by atoms with Crippen LogP contribution in [0.25, 0.3) is 0 Å². The van der Waals surface area contributed by atoms with Gasteiger partial charge in [-0.3, -0.25) is 5.32 Å². The van der Waals surface area contributed by atoms with Crippen LogP contribution in [0.3, 0.4) is 0 Å². The first-order valence-corrected chi connectivity index (χ1v) is 6.95. The fourth-order valence-electron chi connectivity index (χ4n) is 1.84. The monoisotopic (exact) mass is 283 g/mol. The minimum absolute atomic E-state index is 0.228. The van der Waals surface area contributed by atoms with E-state index in [1.807, 2.05) is 69.3 Å². The zero-order valence-corrected chi connectivity index (χ0v) is 12.6. The molecule has 21 heavy (non-hydrogen) atoms. The molecule has 0 fully saturated rings.